The van der Waals surface area contributed by atoms with Crippen molar-refractivity contribution in [2.75, 3.05) is 10.6 Å². The summed E-state index contributed by atoms with van der Waals surface area (Å²) in [5, 5.41) is 16.3. The van der Waals surface area contributed by atoms with E-state index in [2.05, 4.69) is 25.6 Å². The van der Waals surface area contributed by atoms with Crippen molar-refractivity contribution in [3.8, 4) is 17.1 Å². The van der Waals surface area contributed by atoms with E-state index < -0.39 is 0 Å². The molecule has 0 unspecified atom stereocenters. The summed E-state index contributed by atoms with van der Waals surface area (Å²) in [5.41, 5.74) is 2.42. The van der Waals surface area contributed by atoms with Gasteiger partial charge >= 0.3 is 0 Å². The number of hydrogen-bond donors (Lipinski definition) is 3. The number of phenolic OH excluding ortho intramolecular Hbond substituents is 1. The molecule has 1 aliphatic rings. The van der Waals surface area contributed by atoms with Gasteiger partial charge in [-0.3, -0.25) is 4.98 Å². The summed E-state index contributed by atoms with van der Waals surface area (Å²) in [7, 11) is 0. The van der Waals surface area contributed by atoms with Gasteiger partial charge in [0.15, 0.2) is 0 Å². The van der Waals surface area contributed by atoms with E-state index in [1.807, 2.05) is 36.4 Å². The summed E-state index contributed by atoms with van der Waals surface area (Å²) in [6.07, 6.45) is 7.86. The second-order valence-corrected chi connectivity index (χ2v) is 6.83. The Morgan fingerprint density at radius 2 is 1.70 bits per heavy atom. The van der Waals surface area contributed by atoms with E-state index in [4.69, 9.17) is 0 Å². The molecule has 0 bridgehead atoms. The van der Waals surface area contributed by atoms with Crippen LogP contribution < -0.4 is 10.6 Å². The van der Waals surface area contributed by atoms with Crippen LogP contribution in [-0.4, -0.2) is 26.1 Å². The molecule has 1 saturated carbocycles. The lowest BCUT2D eigenvalue weighted by molar-refractivity contribution is 0.461. The first-order valence-electron chi connectivity index (χ1n) is 9.39. The standard InChI is InChI=1S/C21H23N5O/c27-17-11-9-16(10-12-17)23-20-14-19(18-8-4-5-13-22-18)25-21(26-20)24-15-6-2-1-3-7-15/h4-5,8-15,27H,1-3,6-7H2,(H2,23,24,25,26). The predicted molar refractivity (Wildman–Crippen MR) is 107 cm³/mol. The van der Waals surface area contributed by atoms with Crippen molar-refractivity contribution >= 4 is 17.5 Å². The number of rotatable bonds is 5. The van der Waals surface area contributed by atoms with Gasteiger partial charge in [-0.15, -0.1) is 0 Å². The molecule has 1 aliphatic carbocycles. The number of benzene rings is 1. The van der Waals surface area contributed by atoms with Crippen molar-refractivity contribution in [2.45, 2.75) is 38.1 Å². The summed E-state index contributed by atoms with van der Waals surface area (Å²) in [6, 6.07) is 15.0. The van der Waals surface area contributed by atoms with Crippen LogP contribution in [-0.2, 0) is 0 Å². The van der Waals surface area contributed by atoms with Gasteiger partial charge in [-0.2, -0.15) is 4.98 Å². The topological polar surface area (TPSA) is 83.0 Å². The third-order valence-corrected chi connectivity index (χ3v) is 4.73. The first kappa shape index (κ1) is 17.3. The molecule has 0 spiro atoms. The molecule has 27 heavy (non-hydrogen) atoms. The highest BCUT2D eigenvalue weighted by Gasteiger charge is 2.16. The molecule has 0 atom stereocenters. The minimum atomic E-state index is 0.233. The monoisotopic (exact) mass is 361 g/mol. The lowest BCUT2D eigenvalue weighted by atomic mass is 9.96. The third kappa shape index (κ3) is 4.53. The second kappa shape index (κ2) is 8.03. The summed E-state index contributed by atoms with van der Waals surface area (Å²) in [6.45, 7) is 0. The van der Waals surface area contributed by atoms with Gasteiger partial charge in [0.05, 0.1) is 11.4 Å². The molecular weight excluding hydrogens is 338 g/mol. The predicted octanol–water partition coefficient (Wildman–Crippen LogP) is 4.73. The maximum atomic E-state index is 9.47. The molecule has 2 aromatic heterocycles. The van der Waals surface area contributed by atoms with Crippen LogP contribution >= 0.6 is 0 Å². The van der Waals surface area contributed by atoms with Crippen LogP contribution in [0.3, 0.4) is 0 Å². The van der Waals surface area contributed by atoms with E-state index in [9.17, 15) is 5.11 Å². The Hall–Kier alpha value is -3.15. The molecule has 3 N–H and O–H groups in total. The molecule has 1 fully saturated rings. The number of anilines is 3. The van der Waals surface area contributed by atoms with Gasteiger partial charge in [-0.05, 0) is 49.2 Å². The lowest BCUT2D eigenvalue weighted by Crippen LogP contribution is -2.23. The molecule has 0 saturated heterocycles. The van der Waals surface area contributed by atoms with Crippen LogP contribution in [0.4, 0.5) is 17.5 Å². The zero-order valence-corrected chi connectivity index (χ0v) is 15.1. The minimum Gasteiger partial charge on any atom is -0.508 e. The number of pyridine rings is 1. The average molecular weight is 361 g/mol. The first-order chi connectivity index (χ1) is 13.3. The van der Waals surface area contributed by atoms with Crippen LogP contribution in [0.25, 0.3) is 11.4 Å². The Morgan fingerprint density at radius 1 is 0.889 bits per heavy atom. The van der Waals surface area contributed by atoms with E-state index >= 15 is 0 Å². The maximum absolute atomic E-state index is 9.47. The number of hydrogen-bond acceptors (Lipinski definition) is 6. The summed E-state index contributed by atoms with van der Waals surface area (Å²) >= 11 is 0. The van der Waals surface area contributed by atoms with Crippen molar-refractivity contribution in [2.24, 2.45) is 0 Å². The fourth-order valence-corrected chi connectivity index (χ4v) is 3.34. The number of phenols is 1. The molecule has 6 heteroatoms. The zero-order valence-electron chi connectivity index (χ0n) is 15.1. The van der Waals surface area contributed by atoms with Crippen LogP contribution in [0.15, 0.2) is 54.7 Å². The number of nitrogens with zero attached hydrogens (tertiary/aromatic N) is 3. The van der Waals surface area contributed by atoms with Gasteiger partial charge in [-0.25, -0.2) is 4.98 Å². The van der Waals surface area contributed by atoms with Gasteiger partial charge in [0.25, 0.3) is 0 Å². The molecule has 4 rings (SSSR count). The smallest absolute Gasteiger partial charge is 0.225 e. The Labute approximate surface area is 158 Å². The number of nitrogens with one attached hydrogen (secondary N) is 2. The lowest BCUT2D eigenvalue weighted by Gasteiger charge is -2.23. The highest BCUT2D eigenvalue weighted by molar-refractivity contribution is 5.65. The van der Waals surface area contributed by atoms with Gasteiger partial charge in [0.1, 0.15) is 11.6 Å². The van der Waals surface area contributed by atoms with Crippen LogP contribution in [0.5, 0.6) is 5.75 Å². The van der Waals surface area contributed by atoms with Crippen molar-refractivity contribution < 1.29 is 5.11 Å². The van der Waals surface area contributed by atoms with Crippen molar-refractivity contribution in [1.29, 1.82) is 0 Å². The van der Waals surface area contributed by atoms with Crippen molar-refractivity contribution in [3.05, 3.63) is 54.7 Å². The Morgan fingerprint density at radius 3 is 2.44 bits per heavy atom. The fraction of sp³-hybridized carbons (Fsp3) is 0.286. The van der Waals surface area contributed by atoms with Crippen molar-refractivity contribution in [3.63, 3.8) is 0 Å². The van der Waals surface area contributed by atoms with Gasteiger partial charge in [-0.1, -0.05) is 25.3 Å². The van der Waals surface area contributed by atoms with Gasteiger partial charge in [0, 0.05) is 24.0 Å². The zero-order chi connectivity index (χ0) is 18.5. The van der Waals surface area contributed by atoms with E-state index in [0.717, 1.165) is 29.9 Å². The number of aromatic hydroxyl groups is 1. The Bertz CT molecular complexity index is 877. The molecule has 6 nitrogen and oxygen atoms in total. The molecular formula is C21H23N5O. The molecule has 1 aromatic carbocycles. The van der Waals surface area contributed by atoms with Gasteiger partial charge in [0.2, 0.25) is 5.95 Å². The fourth-order valence-electron chi connectivity index (χ4n) is 3.34. The number of aromatic nitrogens is 3. The normalized spacial score (nSPS) is 14.7. The van der Waals surface area contributed by atoms with Crippen LogP contribution in [0.2, 0.25) is 0 Å². The second-order valence-electron chi connectivity index (χ2n) is 6.83. The average Bonchev–Trinajstić information content (AvgIpc) is 2.71. The molecule has 0 aliphatic heterocycles. The van der Waals surface area contributed by atoms with E-state index in [1.165, 1.54) is 19.3 Å². The Balaban J connectivity index is 1.64. The quantitative estimate of drug-likeness (QED) is 0.570. The van der Waals surface area contributed by atoms with E-state index in [0.29, 0.717) is 17.8 Å². The largest absolute Gasteiger partial charge is 0.508 e. The maximum Gasteiger partial charge on any atom is 0.225 e. The molecule has 2 heterocycles. The van der Waals surface area contributed by atoms with E-state index in [1.54, 1.807) is 18.3 Å². The summed E-state index contributed by atoms with van der Waals surface area (Å²) in [4.78, 5) is 13.8. The van der Waals surface area contributed by atoms with Crippen molar-refractivity contribution in [1.82, 2.24) is 15.0 Å². The third-order valence-electron chi connectivity index (χ3n) is 4.73. The molecule has 0 radical (unpaired) electrons. The SMILES string of the molecule is Oc1ccc(Nc2cc(-c3ccccn3)nc(NC3CCCCC3)n2)cc1. The van der Waals surface area contributed by atoms with E-state index in [-0.39, 0.29) is 5.75 Å². The van der Waals surface area contributed by atoms with Crippen LogP contribution in [0.1, 0.15) is 32.1 Å². The highest BCUT2D eigenvalue weighted by atomic mass is 16.3. The molecule has 3 aromatic rings. The molecule has 0 amide bonds. The Kier molecular flexibility index (Phi) is 5.14. The van der Waals surface area contributed by atoms with Crippen LogP contribution in [0, 0.1) is 0 Å². The minimum absolute atomic E-state index is 0.233. The highest BCUT2D eigenvalue weighted by Crippen LogP contribution is 2.25. The molecule has 138 valence electrons. The first-order valence-corrected chi connectivity index (χ1v) is 9.39. The summed E-state index contributed by atoms with van der Waals surface area (Å²) in [5.74, 6) is 1.54. The van der Waals surface area contributed by atoms with Gasteiger partial charge < -0.3 is 15.7 Å². The summed E-state index contributed by atoms with van der Waals surface area (Å²) < 4.78 is 0.